The summed E-state index contributed by atoms with van der Waals surface area (Å²) in [7, 11) is 0. The van der Waals surface area contributed by atoms with E-state index in [1.54, 1.807) is 6.92 Å². The molecule has 27 heavy (non-hydrogen) atoms. The molecule has 0 radical (unpaired) electrons. The fourth-order valence-corrected chi connectivity index (χ4v) is 4.03. The standard InChI is InChI=1S/C20H28N4O2S/c1-15-4-3-9-24(11-15)12-18-7-5-17(6-8-18)10-21-20(25)14-27-13-19-22-16(2)26-23-19/h5-8,15H,3-4,9-14H2,1-2H3,(H,21,25). The van der Waals surface area contributed by atoms with Crippen molar-refractivity contribution in [1.82, 2.24) is 20.4 Å². The number of rotatable bonds is 8. The number of piperidine rings is 1. The number of nitrogens with zero attached hydrogens (tertiary/aromatic N) is 3. The van der Waals surface area contributed by atoms with Gasteiger partial charge >= 0.3 is 0 Å². The Morgan fingerprint density at radius 2 is 2.11 bits per heavy atom. The summed E-state index contributed by atoms with van der Waals surface area (Å²) in [6.07, 6.45) is 2.65. The summed E-state index contributed by atoms with van der Waals surface area (Å²) in [6.45, 7) is 8.05. The Morgan fingerprint density at radius 1 is 1.33 bits per heavy atom. The molecule has 1 aliphatic rings. The fraction of sp³-hybridized carbons (Fsp3) is 0.550. The highest BCUT2D eigenvalue weighted by molar-refractivity contribution is 7.99. The minimum Gasteiger partial charge on any atom is -0.351 e. The topological polar surface area (TPSA) is 71.3 Å². The van der Waals surface area contributed by atoms with Gasteiger partial charge in [-0.3, -0.25) is 9.69 Å². The molecule has 1 saturated heterocycles. The molecule has 0 aliphatic carbocycles. The minimum absolute atomic E-state index is 0.0200. The summed E-state index contributed by atoms with van der Waals surface area (Å²) in [4.78, 5) is 18.6. The lowest BCUT2D eigenvalue weighted by atomic mass is 9.99. The van der Waals surface area contributed by atoms with Crippen LogP contribution in [0.1, 0.15) is 42.6 Å². The second-order valence-electron chi connectivity index (χ2n) is 7.30. The summed E-state index contributed by atoms with van der Waals surface area (Å²) in [5.41, 5.74) is 2.46. The molecule has 1 aliphatic heterocycles. The summed E-state index contributed by atoms with van der Waals surface area (Å²) in [6, 6.07) is 8.57. The molecule has 2 heterocycles. The Hall–Kier alpha value is -1.86. The molecule has 1 N–H and O–H groups in total. The van der Waals surface area contributed by atoms with Crippen LogP contribution >= 0.6 is 11.8 Å². The molecular formula is C20H28N4O2S. The predicted molar refractivity (Wildman–Crippen MR) is 107 cm³/mol. The summed E-state index contributed by atoms with van der Waals surface area (Å²) < 4.78 is 4.91. The molecule has 1 aromatic carbocycles. The monoisotopic (exact) mass is 388 g/mol. The van der Waals surface area contributed by atoms with E-state index in [0.717, 1.165) is 18.0 Å². The number of hydrogen-bond acceptors (Lipinski definition) is 6. The van der Waals surface area contributed by atoms with E-state index in [9.17, 15) is 4.79 Å². The van der Waals surface area contributed by atoms with Crippen molar-refractivity contribution in [1.29, 1.82) is 0 Å². The highest BCUT2D eigenvalue weighted by atomic mass is 32.2. The van der Waals surface area contributed by atoms with Gasteiger partial charge in [-0.1, -0.05) is 36.3 Å². The van der Waals surface area contributed by atoms with Crippen LogP contribution in [-0.4, -0.2) is 39.8 Å². The maximum atomic E-state index is 12.0. The van der Waals surface area contributed by atoms with Gasteiger partial charge in [-0.2, -0.15) is 4.98 Å². The maximum Gasteiger partial charge on any atom is 0.230 e. The quantitative estimate of drug-likeness (QED) is 0.749. The summed E-state index contributed by atoms with van der Waals surface area (Å²) in [5, 5.41) is 6.78. The lowest BCUT2D eigenvalue weighted by Gasteiger charge is -2.30. The zero-order chi connectivity index (χ0) is 19.1. The van der Waals surface area contributed by atoms with Crippen LogP contribution in [0.15, 0.2) is 28.8 Å². The Bertz CT molecular complexity index is 732. The number of thioether (sulfide) groups is 1. The molecule has 0 saturated carbocycles. The Kier molecular flexibility index (Phi) is 7.29. The van der Waals surface area contributed by atoms with Crippen molar-refractivity contribution in [2.45, 2.75) is 45.5 Å². The first kappa shape index (κ1) is 19.9. The Morgan fingerprint density at radius 3 is 2.81 bits per heavy atom. The van der Waals surface area contributed by atoms with Crippen LogP contribution < -0.4 is 5.32 Å². The minimum atomic E-state index is 0.0200. The molecule has 1 fully saturated rings. The zero-order valence-corrected chi connectivity index (χ0v) is 16.9. The molecule has 146 valence electrons. The molecule has 3 rings (SSSR count). The average Bonchev–Trinajstić information content (AvgIpc) is 3.06. The van der Waals surface area contributed by atoms with Gasteiger partial charge < -0.3 is 9.84 Å². The van der Waals surface area contributed by atoms with Gasteiger partial charge in [0.1, 0.15) is 0 Å². The Labute approximate surface area is 165 Å². The van der Waals surface area contributed by atoms with Gasteiger partial charge in [0.25, 0.3) is 0 Å². The SMILES string of the molecule is Cc1nc(CSCC(=O)NCc2ccc(CN3CCCC(C)C3)cc2)no1. The van der Waals surface area contributed by atoms with E-state index in [1.165, 1.54) is 43.3 Å². The molecule has 0 bridgehead atoms. The maximum absolute atomic E-state index is 12.0. The highest BCUT2D eigenvalue weighted by Crippen LogP contribution is 2.18. The molecule has 1 atom stereocenters. The number of likely N-dealkylation sites (tertiary alicyclic amines) is 1. The molecule has 1 unspecified atom stereocenters. The van der Waals surface area contributed by atoms with Gasteiger partial charge in [0.15, 0.2) is 5.82 Å². The van der Waals surface area contributed by atoms with Crippen molar-refractivity contribution in [3.63, 3.8) is 0 Å². The van der Waals surface area contributed by atoms with Crippen LogP contribution in [0.25, 0.3) is 0 Å². The van der Waals surface area contributed by atoms with Crippen molar-refractivity contribution in [2.24, 2.45) is 5.92 Å². The van der Waals surface area contributed by atoms with Crippen LogP contribution in [-0.2, 0) is 23.6 Å². The normalized spacial score (nSPS) is 17.8. The molecule has 1 aromatic heterocycles. The largest absolute Gasteiger partial charge is 0.351 e. The molecule has 7 heteroatoms. The van der Waals surface area contributed by atoms with E-state index in [2.05, 4.69) is 51.5 Å². The van der Waals surface area contributed by atoms with Crippen LogP contribution in [0.3, 0.4) is 0 Å². The van der Waals surface area contributed by atoms with Crippen molar-refractivity contribution in [2.75, 3.05) is 18.8 Å². The van der Waals surface area contributed by atoms with Crippen LogP contribution in [0.5, 0.6) is 0 Å². The number of carbonyl (C=O) groups excluding carboxylic acids is 1. The molecule has 2 aromatic rings. The second kappa shape index (κ2) is 9.90. The first-order valence-corrected chi connectivity index (χ1v) is 10.7. The summed E-state index contributed by atoms with van der Waals surface area (Å²) >= 11 is 1.48. The van der Waals surface area contributed by atoms with Gasteiger partial charge in [0, 0.05) is 26.6 Å². The van der Waals surface area contributed by atoms with Crippen LogP contribution in [0, 0.1) is 12.8 Å². The van der Waals surface area contributed by atoms with Crippen molar-refractivity contribution < 1.29 is 9.32 Å². The van der Waals surface area contributed by atoms with E-state index >= 15 is 0 Å². The fourth-order valence-electron chi connectivity index (χ4n) is 3.34. The third kappa shape index (κ3) is 6.66. The van der Waals surface area contributed by atoms with E-state index in [4.69, 9.17) is 4.52 Å². The number of nitrogens with one attached hydrogen (secondary N) is 1. The zero-order valence-electron chi connectivity index (χ0n) is 16.1. The second-order valence-corrected chi connectivity index (χ2v) is 8.28. The van der Waals surface area contributed by atoms with E-state index < -0.39 is 0 Å². The number of aromatic nitrogens is 2. The number of aryl methyl sites for hydroxylation is 1. The molecular weight excluding hydrogens is 360 g/mol. The smallest absolute Gasteiger partial charge is 0.230 e. The van der Waals surface area contributed by atoms with Crippen LogP contribution in [0.2, 0.25) is 0 Å². The van der Waals surface area contributed by atoms with Gasteiger partial charge in [0.05, 0.1) is 11.5 Å². The molecule has 6 nitrogen and oxygen atoms in total. The molecule has 1 amide bonds. The van der Waals surface area contributed by atoms with Crippen LogP contribution in [0.4, 0.5) is 0 Å². The Balaban J connectivity index is 1.36. The van der Waals surface area contributed by atoms with Gasteiger partial charge in [-0.15, -0.1) is 11.8 Å². The van der Waals surface area contributed by atoms with E-state index in [1.807, 2.05) is 0 Å². The van der Waals surface area contributed by atoms with Gasteiger partial charge in [-0.05, 0) is 36.4 Å². The lowest BCUT2D eigenvalue weighted by molar-refractivity contribution is -0.118. The number of hydrogen-bond donors (Lipinski definition) is 1. The summed E-state index contributed by atoms with van der Waals surface area (Å²) in [5.74, 6) is 2.96. The number of amides is 1. The lowest BCUT2D eigenvalue weighted by Crippen LogP contribution is -2.33. The highest BCUT2D eigenvalue weighted by Gasteiger charge is 2.16. The van der Waals surface area contributed by atoms with E-state index in [0.29, 0.717) is 29.8 Å². The predicted octanol–water partition coefficient (Wildman–Crippen LogP) is 3.16. The van der Waals surface area contributed by atoms with Gasteiger partial charge in [-0.25, -0.2) is 0 Å². The number of benzene rings is 1. The van der Waals surface area contributed by atoms with Crippen molar-refractivity contribution >= 4 is 17.7 Å². The third-order valence-corrected chi connectivity index (χ3v) is 5.62. The van der Waals surface area contributed by atoms with E-state index in [-0.39, 0.29) is 5.91 Å². The molecule has 0 spiro atoms. The first-order valence-electron chi connectivity index (χ1n) is 9.52. The van der Waals surface area contributed by atoms with Gasteiger partial charge in [0.2, 0.25) is 11.8 Å². The number of carbonyl (C=O) groups is 1. The average molecular weight is 389 g/mol. The van der Waals surface area contributed by atoms with Crippen molar-refractivity contribution in [3.05, 3.63) is 47.1 Å². The third-order valence-electron chi connectivity index (χ3n) is 4.69. The first-order chi connectivity index (χ1) is 13.1. The van der Waals surface area contributed by atoms with Crippen molar-refractivity contribution in [3.8, 4) is 0 Å².